The van der Waals surface area contributed by atoms with Gasteiger partial charge in [-0.25, -0.2) is 0 Å². The monoisotopic (exact) mass is 2180 g/mol. The molecular formula is C56H128F12N4O28Si23. The van der Waals surface area contributed by atoms with Crippen molar-refractivity contribution in [3.05, 3.63) is 60.7 Å². The second-order valence-corrected chi connectivity index (χ2v) is 94.3. The molecule has 0 saturated carbocycles. The number of anilines is 2. The summed E-state index contributed by atoms with van der Waals surface area (Å²) in [5.74, 6) is -5.51. The maximum atomic E-state index is 12.6. The van der Waals surface area contributed by atoms with E-state index in [1.807, 2.05) is 26.6 Å². The normalized spacial score (nSPS) is 16.7. The Hall–Kier alpha value is -1.29. The second-order valence-electron chi connectivity index (χ2n) is 29.2. The Kier molecular flexibility index (Phi) is 69.7. The molecule has 12 unspecified atom stereocenters. The molecule has 32 nitrogen and oxygen atoms in total. The molecule has 123 heavy (non-hydrogen) atoms. The zero-order chi connectivity index (χ0) is 95.9. The van der Waals surface area contributed by atoms with Crippen LogP contribution in [0.4, 0.5) is 64.1 Å². The van der Waals surface area contributed by atoms with Crippen molar-refractivity contribution in [3.63, 3.8) is 0 Å². The van der Waals surface area contributed by atoms with Gasteiger partial charge in [-0.1, -0.05) is 49.7 Å². The summed E-state index contributed by atoms with van der Waals surface area (Å²) in [6.45, 7) is 26.7. The second kappa shape index (κ2) is 67.0. The maximum absolute atomic E-state index is 12.6. The van der Waals surface area contributed by atoms with Crippen LogP contribution in [0.1, 0.15) is 72.1 Å². The van der Waals surface area contributed by atoms with E-state index < -0.39 is 274 Å². The lowest BCUT2D eigenvalue weighted by atomic mass is 10.1. The number of para-hydroxylation sites is 2. The highest BCUT2D eigenvalue weighted by atomic mass is 29.2. The molecule has 0 radical (unpaired) electrons. The van der Waals surface area contributed by atoms with Crippen molar-refractivity contribution >= 4 is 242 Å². The Morgan fingerprint density at radius 2 is 0.691 bits per heavy atom. The summed E-state index contributed by atoms with van der Waals surface area (Å²) in [4.78, 5) is 111. The first kappa shape index (κ1) is 128. The van der Waals surface area contributed by atoms with Crippen molar-refractivity contribution in [3.8, 4) is 0 Å². The molecule has 0 aromatic heterocycles. The number of carbonyl (C=O) groups is 4. The molecule has 12 atom stereocenters. The molecule has 0 aliphatic rings. The van der Waals surface area contributed by atoms with Gasteiger partial charge in [-0.05, 0) is 171 Å². The average molecular weight is 2180 g/mol. The van der Waals surface area contributed by atoms with Gasteiger partial charge in [-0.15, -0.1) is 0 Å². The minimum absolute atomic E-state index is 0.0215. The molecule has 7 N–H and O–H groups in total. The van der Waals surface area contributed by atoms with Gasteiger partial charge in [0.1, 0.15) is 12.8 Å². The largest absolute Gasteiger partial charge is 0.440 e. The Balaban J connectivity index is -0.000000701. The smallest absolute Gasteiger partial charge is 0.400 e. The molecule has 2 aromatic rings. The summed E-state index contributed by atoms with van der Waals surface area (Å²) in [6.07, 6.45) is -21.4. The number of alkyl halides is 12. The van der Waals surface area contributed by atoms with Crippen LogP contribution in [0.5, 0.6) is 0 Å². The van der Waals surface area contributed by atoms with E-state index in [-0.39, 0.29) is 30.9 Å². The number of nitrogens with zero attached hydrogens (tertiary/aromatic N) is 4. The predicted molar refractivity (Wildman–Crippen MR) is 491 cm³/mol. The van der Waals surface area contributed by atoms with Crippen LogP contribution in [0.2, 0.25) is 115 Å². The van der Waals surface area contributed by atoms with E-state index >= 15 is 0 Å². The fourth-order valence-electron chi connectivity index (χ4n) is 9.00. The SMILES string of the molecule is CC(=O)N(C)CCC[Si](C)(O)O[SiH2]O[SiH](C)[SiH]=O.CC(=O)N(C)CCC[Si](C)(O)O[SiH2]O[SiH](C)[SiH]=O.CCC[Si](C)(O)O[SiH2]O[SiH](C)[SiH]=O.C[SiH](O)[SiH2]O[Si](C)(CCCN(C(=O)CC(F)(F)F)c1ccccc1)OO.C[SiH](O[SiH2]O[Si](C)(O)CCC(C(F)(F)F)C(F)(F)F)[SiH]=O.C[SiH](O[SiH2]O[Si](C)(O)CCCN(C(=O)CC(F)(F)F)c1ccccc1)[SiH]=O. The highest BCUT2D eigenvalue weighted by Gasteiger charge is 2.57. The highest BCUT2D eigenvalue weighted by Crippen LogP contribution is 2.43. The number of carbonyl (C=O) groups excluding carboxylic acids is 4. The van der Waals surface area contributed by atoms with Crippen LogP contribution in [0.3, 0.4) is 0 Å². The van der Waals surface area contributed by atoms with Crippen LogP contribution in [-0.4, -0.2) is 339 Å². The third-order valence-corrected chi connectivity index (χ3v) is 75.5. The summed E-state index contributed by atoms with van der Waals surface area (Å²) >= 11 is 0. The van der Waals surface area contributed by atoms with Gasteiger partial charge in [0.25, 0.3) is 94.7 Å². The van der Waals surface area contributed by atoms with Gasteiger partial charge < -0.3 is 116 Å². The highest BCUT2D eigenvalue weighted by molar-refractivity contribution is 7.07. The topological polar surface area (TPSA) is 419 Å². The van der Waals surface area contributed by atoms with E-state index in [2.05, 4.69) is 4.58 Å². The van der Waals surface area contributed by atoms with Gasteiger partial charge >= 0.3 is 76.1 Å². The third kappa shape index (κ3) is 72.9. The number of hydrogen-bond acceptors (Lipinski definition) is 28. The molecule has 2 rings (SSSR count). The Labute approximate surface area is 752 Å². The molecule has 2 aromatic carbocycles. The lowest BCUT2D eigenvalue weighted by Gasteiger charge is -2.27. The molecular weight excluding hydrogens is 2050 g/mol. The van der Waals surface area contributed by atoms with Gasteiger partial charge in [0.15, 0.2) is 23.8 Å². The van der Waals surface area contributed by atoms with Crippen LogP contribution in [0.15, 0.2) is 60.7 Å². The van der Waals surface area contributed by atoms with Gasteiger partial charge in [0.05, 0.1) is 0 Å². The Morgan fingerprint density at radius 3 is 0.927 bits per heavy atom. The molecule has 4 amide bonds. The summed E-state index contributed by atoms with van der Waals surface area (Å²) in [5, 5.41) is 9.11. The molecule has 716 valence electrons. The van der Waals surface area contributed by atoms with Crippen molar-refractivity contribution in [2.24, 2.45) is 5.92 Å². The first-order chi connectivity index (χ1) is 56.5. The van der Waals surface area contributed by atoms with E-state index in [0.717, 1.165) is 41.7 Å². The van der Waals surface area contributed by atoms with E-state index in [1.165, 1.54) is 13.8 Å². The number of rotatable bonds is 54. The summed E-state index contributed by atoms with van der Waals surface area (Å²) in [6, 6.07) is 18.0. The molecule has 0 spiro atoms. The van der Waals surface area contributed by atoms with E-state index in [9.17, 15) is 123 Å². The van der Waals surface area contributed by atoms with Crippen molar-refractivity contribution in [1.82, 2.24) is 9.80 Å². The van der Waals surface area contributed by atoms with Gasteiger partial charge in [0, 0.05) is 65.5 Å². The van der Waals surface area contributed by atoms with Gasteiger partial charge in [-0.3, -0.25) is 29.0 Å². The van der Waals surface area contributed by atoms with Crippen molar-refractivity contribution in [1.29, 1.82) is 0 Å². The quantitative estimate of drug-likeness (QED) is 0.0200. The third-order valence-electron chi connectivity index (χ3n) is 16.5. The average Bonchev–Trinajstić information content (AvgIpc) is 0.794. The standard InChI is InChI=1S/C14H24F3NO5Si4.C14H24F3NO5Si3.2C8H23NO5Si4.C7H16F6O4Si4.C5H18O4Si4/c1-26(24-20)22-25-23-27(2,21)10-6-9-18(12-7-4-3-5-8-12)13(19)11-14(15,16)17;1-25(21)24-23-26(2,22-20)10-6-9-18(12-7-4-3-5-8-12)13(19)11-14(15,16)17;2*1-8(10)9(2)6-5-7-18(4,12)14-16-13-17(3)15-11;1-20(18-14)16-19-17-21(2,15)4-3-5(6(8,9)10)7(11,12)13;1-4-5-13(3,7)9-11-8-12(2)10-6/h3-5,7-8,21,24,26H,6,9-11,25H2,1-2H3;3-5,7-8,20-21,25H,6,9-11,24H2,1-2H3;2*12,15,17H,5-7,16H2,1-4H3;5,15,18,20H,3-4,19H2,1-2H3;7,10,12H,4-5,11H2,1-3H3. The number of hydrogen-bond donors (Lipinski definition) is 7. The first-order valence-corrected chi connectivity index (χ1v) is 89.1. The van der Waals surface area contributed by atoms with E-state index in [4.69, 9.17) is 50.5 Å². The van der Waals surface area contributed by atoms with Crippen LogP contribution < -0.4 is 9.80 Å². The van der Waals surface area contributed by atoms with Gasteiger partial charge in [-0.2, -0.15) is 52.7 Å². The van der Waals surface area contributed by atoms with Crippen molar-refractivity contribution in [2.75, 3.05) is 50.1 Å². The fraction of sp³-hybridized carbons (Fsp3) is 0.714. The molecule has 0 aliphatic heterocycles. The lowest BCUT2D eigenvalue weighted by molar-refractivity contribution is -0.284. The predicted octanol–water partition coefficient (Wildman–Crippen LogP) is 0.0951. The van der Waals surface area contributed by atoms with Crippen LogP contribution >= 0.6 is 0 Å². The Morgan fingerprint density at radius 1 is 0.431 bits per heavy atom. The van der Waals surface area contributed by atoms with Crippen LogP contribution in [-0.2, 0) is 91.3 Å². The van der Waals surface area contributed by atoms with Crippen LogP contribution in [0.25, 0.3) is 0 Å². The number of halogens is 12. The molecule has 0 aliphatic carbocycles. The summed E-state index contributed by atoms with van der Waals surface area (Å²) in [7, 11) is -35.8. The van der Waals surface area contributed by atoms with E-state index in [0.29, 0.717) is 55.4 Å². The van der Waals surface area contributed by atoms with Crippen LogP contribution in [0, 0.1) is 5.92 Å². The van der Waals surface area contributed by atoms with Crippen molar-refractivity contribution < 1.29 is 178 Å². The molecule has 0 saturated heterocycles. The zero-order valence-electron chi connectivity index (χ0n) is 72.7. The van der Waals surface area contributed by atoms with E-state index in [1.54, 1.807) is 137 Å². The Bertz CT molecular complexity index is 3190. The number of benzene rings is 2. The zero-order valence-corrected chi connectivity index (χ0v) is 99.9. The fourth-order valence-corrected chi connectivity index (χ4v) is 47.9. The molecule has 0 bridgehead atoms. The molecule has 0 heterocycles. The van der Waals surface area contributed by atoms with Crippen molar-refractivity contribution in [2.45, 2.75) is 212 Å². The number of amides is 4. The maximum Gasteiger partial charge on any atom is 0.400 e. The lowest BCUT2D eigenvalue weighted by Crippen LogP contribution is -2.43. The molecule has 0 fully saturated rings. The summed E-state index contributed by atoms with van der Waals surface area (Å²) < 4.78 is 266. The molecule has 67 heteroatoms. The van der Waals surface area contributed by atoms with Gasteiger partial charge in [0.2, 0.25) is 66.4 Å². The summed E-state index contributed by atoms with van der Waals surface area (Å²) in [5.41, 5.74) is 0.756. The minimum atomic E-state index is -5.41. The first-order valence-electron chi connectivity index (χ1n) is 38.7. The minimum Gasteiger partial charge on any atom is -0.440 e.